The van der Waals surface area contributed by atoms with Crippen molar-refractivity contribution in [2.45, 2.75) is 13.2 Å². The Kier molecular flexibility index (Phi) is 7.62. The maximum Gasteiger partial charge on any atom is 0.191 e. The molecule has 0 aliphatic rings. The third-order valence-electron chi connectivity index (χ3n) is 2.62. The number of nitrogens with one attached hydrogen (secondary N) is 2. The summed E-state index contributed by atoms with van der Waals surface area (Å²) < 4.78 is 10.1. The van der Waals surface area contributed by atoms with Crippen LogP contribution in [0, 0.1) is 0 Å². The molecule has 0 atom stereocenters. The zero-order valence-corrected chi connectivity index (χ0v) is 11.9. The molecule has 2 N–H and O–H groups in total. The van der Waals surface area contributed by atoms with Crippen LogP contribution < -0.4 is 10.6 Å². The van der Waals surface area contributed by atoms with Gasteiger partial charge in [-0.25, -0.2) is 0 Å². The highest BCUT2D eigenvalue weighted by Gasteiger charge is 1.98. The number of ether oxygens (including phenoxy) is 2. The molecule has 0 aliphatic heterocycles. The predicted octanol–water partition coefficient (Wildman–Crippen LogP) is 1.14. The van der Waals surface area contributed by atoms with Crippen molar-refractivity contribution < 1.29 is 9.47 Å². The normalized spacial score (nSPS) is 11.4. The van der Waals surface area contributed by atoms with Gasteiger partial charge in [-0.1, -0.05) is 24.3 Å². The van der Waals surface area contributed by atoms with Crippen LogP contribution in [0.15, 0.2) is 29.3 Å². The molecular formula is C14H23N3O2. The van der Waals surface area contributed by atoms with Gasteiger partial charge in [-0.05, 0) is 11.1 Å². The second kappa shape index (κ2) is 9.35. The molecule has 0 unspecified atom stereocenters. The lowest BCUT2D eigenvalue weighted by Gasteiger charge is -2.11. The van der Waals surface area contributed by atoms with E-state index < -0.39 is 0 Å². The first-order valence-corrected chi connectivity index (χ1v) is 6.30. The first kappa shape index (κ1) is 15.5. The number of benzene rings is 1. The van der Waals surface area contributed by atoms with Crippen LogP contribution in [0.3, 0.4) is 0 Å². The minimum absolute atomic E-state index is 0.647. The van der Waals surface area contributed by atoms with E-state index in [2.05, 4.69) is 39.9 Å². The van der Waals surface area contributed by atoms with E-state index in [1.165, 1.54) is 11.1 Å². The smallest absolute Gasteiger partial charge is 0.191 e. The maximum absolute atomic E-state index is 5.08. The van der Waals surface area contributed by atoms with Crippen molar-refractivity contribution in [3.05, 3.63) is 35.4 Å². The van der Waals surface area contributed by atoms with Gasteiger partial charge in [-0.3, -0.25) is 4.99 Å². The lowest BCUT2D eigenvalue weighted by molar-refractivity contribution is 0.185. The van der Waals surface area contributed by atoms with Crippen molar-refractivity contribution in [3.8, 4) is 0 Å². The van der Waals surface area contributed by atoms with E-state index in [0.717, 1.165) is 19.0 Å². The highest BCUT2D eigenvalue weighted by molar-refractivity contribution is 5.79. The van der Waals surface area contributed by atoms with Gasteiger partial charge in [0, 0.05) is 34.4 Å². The number of nitrogens with zero attached hydrogens (tertiary/aromatic N) is 1. The molecular weight excluding hydrogens is 242 g/mol. The molecule has 0 radical (unpaired) electrons. The van der Waals surface area contributed by atoms with Crippen molar-refractivity contribution in [1.29, 1.82) is 0 Å². The zero-order chi connectivity index (χ0) is 13.9. The molecule has 106 valence electrons. The van der Waals surface area contributed by atoms with Crippen LogP contribution in [0.5, 0.6) is 0 Å². The minimum atomic E-state index is 0.647. The SMILES string of the molecule is CN=C(NCCOC)NCc1ccc(COC)cc1. The van der Waals surface area contributed by atoms with Crippen molar-refractivity contribution in [2.24, 2.45) is 4.99 Å². The van der Waals surface area contributed by atoms with Crippen molar-refractivity contribution in [1.82, 2.24) is 10.6 Å². The average Bonchev–Trinajstić information content (AvgIpc) is 2.44. The molecule has 5 heteroatoms. The van der Waals surface area contributed by atoms with Gasteiger partial charge in [0.2, 0.25) is 0 Å². The van der Waals surface area contributed by atoms with Crippen LogP contribution >= 0.6 is 0 Å². The summed E-state index contributed by atoms with van der Waals surface area (Å²) in [6.07, 6.45) is 0. The molecule has 0 spiro atoms. The van der Waals surface area contributed by atoms with E-state index in [1.54, 1.807) is 21.3 Å². The van der Waals surface area contributed by atoms with Crippen molar-refractivity contribution in [3.63, 3.8) is 0 Å². The van der Waals surface area contributed by atoms with Gasteiger partial charge in [0.05, 0.1) is 13.2 Å². The summed E-state index contributed by atoms with van der Waals surface area (Å²) in [7, 11) is 5.13. The second-order valence-corrected chi connectivity index (χ2v) is 4.09. The Labute approximate surface area is 115 Å². The molecule has 1 rings (SSSR count). The fraction of sp³-hybridized carbons (Fsp3) is 0.500. The first-order valence-electron chi connectivity index (χ1n) is 6.30. The Bertz CT molecular complexity index is 377. The van der Waals surface area contributed by atoms with Crippen LogP contribution in [0.2, 0.25) is 0 Å². The highest BCUT2D eigenvalue weighted by Crippen LogP contribution is 2.05. The number of hydrogen-bond donors (Lipinski definition) is 2. The molecule has 0 heterocycles. The molecule has 0 aromatic heterocycles. The van der Waals surface area contributed by atoms with Crippen LogP contribution in [-0.2, 0) is 22.6 Å². The van der Waals surface area contributed by atoms with Gasteiger partial charge in [0.25, 0.3) is 0 Å². The number of methoxy groups -OCH3 is 2. The first-order chi connectivity index (χ1) is 9.30. The van der Waals surface area contributed by atoms with Gasteiger partial charge in [-0.15, -0.1) is 0 Å². The van der Waals surface area contributed by atoms with Gasteiger partial charge >= 0.3 is 0 Å². The Hall–Kier alpha value is -1.59. The van der Waals surface area contributed by atoms with Crippen molar-refractivity contribution in [2.75, 3.05) is 34.4 Å². The molecule has 0 saturated carbocycles. The molecule has 0 fully saturated rings. The molecule has 19 heavy (non-hydrogen) atoms. The summed E-state index contributed by atoms with van der Waals surface area (Å²) in [4.78, 5) is 4.14. The molecule has 0 bridgehead atoms. The highest BCUT2D eigenvalue weighted by atomic mass is 16.5. The van der Waals surface area contributed by atoms with Gasteiger partial charge < -0.3 is 20.1 Å². The summed E-state index contributed by atoms with van der Waals surface area (Å²) in [5, 5.41) is 6.41. The largest absolute Gasteiger partial charge is 0.383 e. The Morgan fingerprint density at radius 2 is 1.74 bits per heavy atom. The topological polar surface area (TPSA) is 54.9 Å². The van der Waals surface area contributed by atoms with E-state index in [1.807, 2.05) is 0 Å². The number of aliphatic imine (C=N–C) groups is 1. The second-order valence-electron chi connectivity index (χ2n) is 4.09. The molecule has 0 saturated heterocycles. The number of hydrogen-bond acceptors (Lipinski definition) is 3. The fourth-order valence-electron chi connectivity index (χ4n) is 1.60. The standard InChI is InChI=1S/C14H23N3O2/c1-15-14(16-8-9-18-2)17-10-12-4-6-13(7-5-12)11-19-3/h4-7H,8-11H2,1-3H3,(H2,15,16,17). The van der Waals surface area contributed by atoms with E-state index in [4.69, 9.17) is 9.47 Å². The molecule has 1 aromatic rings. The van der Waals surface area contributed by atoms with Crippen molar-refractivity contribution >= 4 is 5.96 Å². The quantitative estimate of drug-likeness (QED) is 0.441. The average molecular weight is 265 g/mol. The van der Waals surface area contributed by atoms with E-state index in [0.29, 0.717) is 13.2 Å². The lowest BCUT2D eigenvalue weighted by atomic mass is 10.1. The van der Waals surface area contributed by atoms with Gasteiger partial charge in [-0.2, -0.15) is 0 Å². The molecule has 1 aromatic carbocycles. The summed E-state index contributed by atoms with van der Waals surface area (Å²) in [5.74, 6) is 0.776. The third kappa shape index (κ3) is 6.22. The summed E-state index contributed by atoms with van der Waals surface area (Å²) >= 11 is 0. The van der Waals surface area contributed by atoms with E-state index in [9.17, 15) is 0 Å². The maximum atomic E-state index is 5.08. The fourth-order valence-corrected chi connectivity index (χ4v) is 1.60. The third-order valence-corrected chi connectivity index (χ3v) is 2.62. The predicted molar refractivity (Wildman–Crippen MR) is 77.2 cm³/mol. The van der Waals surface area contributed by atoms with Crippen LogP contribution in [-0.4, -0.2) is 40.4 Å². The van der Waals surface area contributed by atoms with E-state index in [-0.39, 0.29) is 0 Å². The Balaban J connectivity index is 2.37. The lowest BCUT2D eigenvalue weighted by Crippen LogP contribution is -2.38. The number of rotatable bonds is 7. The van der Waals surface area contributed by atoms with Crippen LogP contribution in [0.25, 0.3) is 0 Å². The van der Waals surface area contributed by atoms with Gasteiger partial charge in [0.15, 0.2) is 5.96 Å². The minimum Gasteiger partial charge on any atom is -0.383 e. The summed E-state index contributed by atoms with van der Waals surface area (Å²) in [5.41, 5.74) is 2.38. The molecule has 5 nitrogen and oxygen atoms in total. The number of guanidine groups is 1. The zero-order valence-electron chi connectivity index (χ0n) is 11.9. The molecule has 0 amide bonds. The monoisotopic (exact) mass is 265 g/mol. The molecule has 0 aliphatic carbocycles. The Morgan fingerprint density at radius 3 is 2.32 bits per heavy atom. The summed E-state index contributed by atoms with van der Waals surface area (Å²) in [6, 6.07) is 8.32. The summed E-state index contributed by atoms with van der Waals surface area (Å²) in [6.45, 7) is 2.78. The van der Waals surface area contributed by atoms with Crippen LogP contribution in [0.1, 0.15) is 11.1 Å². The van der Waals surface area contributed by atoms with Gasteiger partial charge in [0.1, 0.15) is 0 Å². The van der Waals surface area contributed by atoms with Crippen LogP contribution in [0.4, 0.5) is 0 Å². The Morgan fingerprint density at radius 1 is 1.05 bits per heavy atom. The van der Waals surface area contributed by atoms with E-state index >= 15 is 0 Å².